The summed E-state index contributed by atoms with van der Waals surface area (Å²) in [6.07, 6.45) is 3.89. The molecule has 0 N–H and O–H groups in total. The van der Waals surface area contributed by atoms with Crippen LogP contribution in [0.25, 0.3) is 0 Å². The van der Waals surface area contributed by atoms with Crippen LogP contribution in [0.1, 0.15) is 11.1 Å². The Balaban J connectivity index is 1.88. The summed E-state index contributed by atoms with van der Waals surface area (Å²) in [6.45, 7) is 2.05. The van der Waals surface area contributed by atoms with E-state index in [1.54, 1.807) is 24.2 Å². The van der Waals surface area contributed by atoms with Crippen LogP contribution in [0.15, 0.2) is 52.1 Å². The van der Waals surface area contributed by atoms with Crippen molar-refractivity contribution in [2.24, 2.45) is 0 Å². The number of pyridine rings is 1. The molecule has 0 radical (unpaired) electrons. The second-order valence-corrected chi connectivity index (χ2v) is 6.30. The van der Waals surface area contributed by atoms with Crippen molar-refractivity contribution in [3.63, 3.8) is 0 Å². The van der Waals surface area contributed by atoms with E-state index >= 15 is 0 Å². The number of benzene rings is 1. The van der Waals surface area contributed by atoms with E-state index in [0.29, 0.717) is 12.2 Å². The zero-order valence-corrected chi connectivity index (χ0v) is 13.0. The molecule has 1 aromatic carbocycles. The van der Waals surface area contributed by atoms with Gasteiger partial charge in [-0.25, -0.2) is 0 Å². The van der Waals surface area contributed by atoms with Crippen molar-refractivity contribution < 1.29 is 4.79 Å². The summed E-state index contributed by atoms with van der Waals surface area (Å²) >= 11 is 4.94. The first-order valence-corrected chi connectivity index (χ1v) is 7.72. The number of carbonyl (C=O) groups excluding carboxylic acids is 1. The number of hydrogen-bond acceptors (Lipinski definition) is 3. The van der Waals surface area contributed by atoms with Crippen LogP contribution in [0.3, 0.4) is 0 Å². The highest BCUT2D eigenvalue weighted by molar-refractivity contribution is 9.10. The van der Waals surface area contributed by atoms with E-state index in [4.69, 9.17) is 0 Å². The predicted molar refractivity (Wildman–Crippen MR) is 82.6 cm³/mol. The van der Waals surface area contributed by atoms with E-state index in [0.717, 1.165) is 14.9 Å². The predicted octanol–water partition coefficient (Wildman–Crippen LogP) is 4.06. The minimum absolute atomic E-state index is 0.214. The summed E-state index contributed by atoms with van der Waals surface area (Å²) in [6, 6.07) is 10.1. The molecule has 19 heavy (non-hydrogen) atoms. The molecule has 0 fully saturated rings. The number of nitrogens with zero attached hydrogens (tertiary/aromatic N) is 1. The van der Waals surface area contributed by atoms with Gasteiger partial charge in [-0.1, -0.05) is 17.7 Å². The lowest BCUT2D eigenvalue weighted by Crippen LogP contribution is -2.05. The summed E-state index contributed by atoms with van der Waals surface area (Å²) in [4.78, 5) is 17.1. The number of hydrogen-bond donors (Lipinski definition) is 0. The molecule has 0 bridgehead atoms. The number of Topliss-reactive ketones (excluding diaryl/α,β-unsaturated/α-hetero) is 1. The van der Waals surface area contributed by atoms with Gasteiger partial charge < -0.3 is 0 Å². The van der Waals surface area contributed by atoms with Crippen molar-refractivity contribution in [2.45, 2.75) is 18.2 Å². The third-order valence-corrected chi connectivity index (χ3v) is 4.04. The maximum absolute atomic E-state index is 11.9. The van der Waals surface area contributed by atoms with Crippen LogP contribution in [-0.2, 0) is 11.2 Å². The van der Waals surface area contributed by atoms with E-state index in [1.165, 1.54) is 5.56 Å². The molecule has 0 spiro atoms. The fraction of sp³-hybridized carbons (Fsp3) is 0.200. The maximum Gasteiger partial charge on any atom is 0.147 e. The second-order valence-electron chi connectivity index (χ2n) is 4.33. The molecule has 0 aliphatic carbocycles. The van der Waals surface area contributed by atoms with Crippen LogP contribution in [-0.4, -0.2) is 16.5 Å². The molecule has 0 aliphatic rings. The molecule has 0 aliphatic heterocycles. The molecule has 0 atom stereocenters. The largest absolute Gasteiger partial charge is 0.298 e. The molecule has 0 saturated carbocycles. The Morgan fingerprint density at radius 3 is 2.89 bits per heavy atom. The number of carbonyl (C=O) groups is 1. The van der Waals surface area contributed by atoms with E-state index in [2.05, 4.69) is 40.0 Å². The van der Waals surface area contributed by atoms with E-state index < -0.39 is 0 Å². The average molecular weight is 336 g/mol. The van der Waals surface area contributed by atoms with E-state index in [1.807, 2.05) is 18.2 Å². The molecule has 0 unspecified atom stereocenters. The third-order valence-electron chi connectivity index (χ3n) is 2.55. The molecule has 98 valence electrons. The van der Waals surface area contributed by atoms with Crippen LogP contribution in [0, 0.1) is 6.92 Å². The highest BCUT2D eigenvalue weighted by Gasteiger charge is 2.06. The van der Waals surface area contributed by atoms with Crippen LogP contribution >= 0.6 is 27.7 Å². The molecule has 0 amide bonds. The average Bonchev–Trinajstić information content (AvgIpc) is 2.36. The second kappa shape index (κ2) is 6.87. The highest BCUT2D eigenvalue weighted by atomic mass is 79.9. The van der Waals surface area contributed by atoms with Gasteiger partial charge in [-0.15, -0.1) is 11.8 Å². The number of rotatable bonds is 5. The Morgan fingerprint density at radius 1 is 1.32 bits per heavy atom. The van der Waals surface area contributed by atoms with Crippen molar-refractivity contribution in [2.75, 3.05) is 5.75 Å². The summed E-state index contributed by atoms with van der Waals surface area (Å²) in [7, 11) is 0. The van der Waals surface area contributed by atoms with Gasteiger partial charge >= 0.3 is 0 Å². The van der Waals surface area contributed by atoms with Gasteiger partial charge in [0.1, 0.15) is 5.78 Å². The molecule has 4 heteroatoms. The van der Waals surface area contributed by atoms with Crippen LogP contribution < -0.4 is 0 Å². The van der Waals surface area contributed by atoms with Gasteiger partial charge in [-0.2, -0.15) is 0 Å². The topological polar surface area (TPSA) is 30.0 Å². The van der Waals surface area contributed by atoms with Gasteiger partial charge in [0.05, 0.1) is 5.75 Å². The van der Waals surface area contributed by atoms with E-state index in [9.17, 15) is 4.79 Å². The maximum atomic E-state index is 11.9. The van der Waals surface area contributed by atoms with Crippen molar-refractivity contribution >= 4 is 33.5 Å². The lowest BCUT2D eigenvalue weighted by Gasteiger charge is -2.03. The van der Waals surface area contributed by atoms with Gasteiger partial charge in [0.25, 0.3) is 0 Å². The molecule has 2 nitrogen and oxygen atoms in total. The number of thioether (sulfide) groups is 1. The van der Waals surface area contributed by atoms with Gasteiger partial charge in [0.15, 0.2) is 0 Å². The van der Waals surface area contributed by atoms with Gasteiger partial charge in [0.2, 0.25) is 0 Å². The highest BCUT2D eigenvalue weighted by Crippen LogP contribution is 2.19. The SMILES string of the molecule is Cc1cccc(SCC(=O)Cc2cncc(Br)c2)c1. The first-order valence-electron chi connectivity index (χ1n) is 5.94. The molecule has 1 heterocycles. The molecule has 0 saturated heterocycles. The Hall–Kier alpha value is -1.13. The van der Waals surface area contributed by atoms with E-state index in [-0.39, 0.29) is 5.78 Å². The Labute approximate surface area is 125 Å². The third kappa shape index (κ3) is 4.80. The standard InChI is InChI=1S/C15H14BrNOS/c1-11-3-2-4-15(5-11)19-10-14(18)7-12-6-13(16)9-17-8-12/h2-6,8-9H,7,10H2,1H3. The van der Waals surface area contributed by atoms with Crippen molar-refractivity contribution in [3.8, 4) is 0 Å². The van der Waals surface area contributed by atoms with Crippen LogP contribution in [0.2, 0.25) is 0 Å². The summed E-state index contributed by atoms with van der Waals surface area (Å²) in [5, 5.41) is 0. The molecule has 2 aromatic rings. The molecule has 1 aromatic heterocycles. The molecule has 2 rings (SSSR count). The quantitative estimate of drug-likeness (QED) is 0.772. The summed E-state index contributed by atoms with van der Waals surface area (Å²) < 4.78 is 0.907. The Bertz CT molecular complexity index is 586. The van der Waals surface area contributed by atoms with Gasteiger partial charge in [-0.05, 0) is 46.6 Å². The fourth-order valence-corrected chi connectivity index (χ4v) is 2.99. The van der Waals surface area contributed by atoms with Crippen molar-refractivity contribution in [1.29, 1.82) is 0 Å². The molecular formula is C15H14BrNOS. The number of halogens is 1. The first-order chi connectivity index (χ1) is 9.13. The van der Waals surface area contributed by atoms with Gasteiger partial charge in [0, 0.05) is 28.2 Å². The minimum atomic E-state index is 0.214. The zero-order valence-electron chi connectivity index (χ0n) is 10.6. The summed E-state index contributed by atoms with van der Waals surface area (Å²) in [5.41, 5.74) is 2.16. The lowest BCUT2D eigenvalue weighted by atomic mass is 10.2. The van der Waals surface area contributed by atoms with Crippen LogP contribution in [0.4, 0.5) is 0 Å². The monoisotopic (exact) mass is 335 g/mol. The Kier molecular flexibility index (Phi) is 5.16. The fourth-order valence-electron chi connectivity index (χ4n) is 1.70. The van der Waals surface area contributed by atoms with Gasteiger partial charge in [-0.3, -0.25) is 9.78 Å². The van der Waals surface area contributed by atoms with Crippen molar-refractivity contribution in [1.82, 2.24) is 4.98 Å². The number of ketones is 1. The normalized spacial score (nSPS) is 10.4. The summed E-state index contributed by atoms with van der Waals surface area (Å²) in [5.74, 6) is 0.710. The zero-order chi connectivity index (χ0) is 13.7. The lowest BCUT2D eigenvalue weighted by molar-refractivity contribution is -0.116. The molecular weight excluding hydrogens is 322 g/mol. The number of aromatic nitrogens is 1. The Morgan fingerprint density at radius 2 is 2.16 bits per heavy atom. The van der Waals surface area contributed by atoms with Crippen LogP contribution in [0.5, 0.6) is 0 Å². The smallest absolute Gasteiger partial charge is 0.147 e. The minimum Gasteiger partial charge on any atom is -0.298 e. The number of aryl methyl sites for hydroxylation is 1. The van der Waals surface area contributed by atoms with Crippen molar-refractivity contribution in [3.05, 3.63) is 58.3 Å². The first kappa shape index (κ1) is 14.3.